The fraction of sp³-hybridized carbons (Fsp3) is 0.500. The summed E-state index contributed by atoms with van der Waals surface area (Å²) in [5, 5.41) is 3.21. The second-order valence-corrected chi connectivity index (χ2v) is 3.57. The SMILES string of the molecule is CCOc1cc(F)ccc1NC(C)COC. The molecule has 16 heavy (non-hydrogen) atoms. The van der Waals surface area contributed by atoms with Crippen molar-refractivity contribution in [3.05, 3.63) is 24.0 Å². The van der Waals surface area contributed by atoms with Crippen molar-refractivity contribution < 1.29 is 13.9 Å². The van der Waals surface area contributed by atoms with Crippen LogP contribution in [0.4, 0.5) is 10.1 Å². The molecule has 0 saturated heterocycles. The van der Waals surface area contributed by atoms with Crippen LogP contribution in [-0.4, -0.2) is 26.4 Å². The minimum atomic E-state index is -0.298. The molecule has 1 N–H and O–H groups in total. The van der Waals surface area contributed by atoms with Crippen molar-refractivity contribution in [1.82, 2.24) is 0 Å². The predicted octanol–water partition coefficient (Wildman–Crippen LogP) is 2.67. The summed E-state index contributed by atoms with van der Waals surface area (Å²) in [5.74, 6) is 0.235. The standard InChI is InChI=1S/C12H18FNO2/c1-4-16-12-7-10(13)5-6-11(12)14-9(2)8-15-3/h5-7,9,14H,4,8H2,1-3H3. The van der Waals surface area contributed by atoms with Gasteiger partial charge in [-0.05, 0) is 26.0 Å². The molecule has 0 fully saturated rings. The third-order valence-corrected chi connectivity index (χ3v) is 2.06. The highest BCUT2D eigenvalue weighted by Crippen LogP contribution is 2.26. The Hall–Kier alpha value is -1.29. The van der Waals surface area contributed by atoms with E-state index in [1.165, 1.54) is 12.1 Å². The van der Waals surface area contributed by atoms with Crippen LogP contribution >= 0.6 is 0 Å². The van der Waals surface area contributed by atoms with Gasteiger partial charge in [-0.3, -0.25) is 0 Å². The van der Waals surface area contributed by atoms with E-state index >= 15 is 0 Å². The molecule has 0 aromatic heterocycles. The maximum Gasteiger partial charge on any atom is 0.145 e. The second kappa shape index (κ2) is 6.33. The van der Waals surface area contributed by atoms with Crippen LogP contribution < -0.4 is 10.1 Å². The summed E-state index contributed by atoms with van der Waals surface area (Å²) in [6.45, 7) is 4.95. The minimum Gasteiger partial charge on any atom is -0.492 e. The van der Waals surface area contributed by atoms with Crippen LogP contribution in [0, 0.1) is 5.82 Å². The number of anilines is 1. The second-order valence-electron chi connectivity index (χ2n) is 3.57. The van der Waals surface area contributed by atoms with Crippen LogP contribution in [0.2, 0.25) is 0 Å². The highest BCUT2D eigenvalue weighted by atomic mass is 19.1. The summed E-state index contributed by atoms with van der Waals surface area (Å²) in [6.07, 6.45) is 0. The lowest BCUT2D eigenvalue weighted by molar-refractivity contribution is 0.190. The van der Waals surface area contributed by atoms with Crippen molar-refractivity contribution in [2.45, 2.75) is 19.9 Å². The molecular formula is C12H18FNO2. The zero-order valence-corrected chi connectivity index (χ0v) is 9.92. The van der Waals surface area contributed by atoms with E-state index in [4.69, 9.17) is 9.47 Å². The monoisotopic (exact) mass is 227 g/mol. The fourth-order valence-electron chi connectivity index (χ4n) is 1.45. The first-order valence-electron chi connectivity index (χ1n) is 5.35. The van der Waals surface area contributed by atoms with Crippen molar-refractivity contribution >= 4 is 5.69 Å². The van der Waals surface area contributed by atoms with Gasteiger partial charge in [-0.25, -0.2) is 4.39 Å². The third-order valence-electron chi connectivity index (χ3n) is 2.06. The topological polar surface area (TPSA) is 30.5 Å². The van der Waals surface area contributed by atoms with E-state index in [0.29, 0.717) is 19.0 Å². The van der Waals surface area contributed by atoms with Gasteiger partial charge in [-0.15, -0.1) is 0 Å². The lowest BCUT2D eigenvalue weighted by Crippen LogP contribution is -2.21. The van der Waals surface area contributed by atoms with E-state index in [1.807, 2.05) is 13.8 Å². The van der Waals surface area contributed by atoms with Gasteiger partial charge in [0.25, 0.3) is 0 Å². The maximum absolute atomic E-state index is 13.0. The molecule has 4 heteroatoms. The molecule has 90 valence electrons. The van der Waals surface area contributed by atoms with E-state index in [1.54, 1.807) is 13.2 Å². The highest BCUT2D eigenvalue weighted by molar-refractivity contribution is 5.56. The molecule has 0 aliphatic carbocycles. The van der Waals surface area contributed by atoms with Crippen LogP contribution in [0.25, 0.3) is 0 Å². The lowest BCUT2D eigenvalue weighted by atomic mass is 10.2. The van der Waals surface area contributed by atoms with Gasteiger partial charge in [0.15, 0.2) is 0 Å². The summed E-state index contributed by atoms with van der Waals surface area (Å²) < 4.78 is 23.4. The molecular weight excluding hydrogens is 209 g/mol. The Balaban J connectivity index is 2.77. The minimum absolute atomic E-state index is 0.148. The van der Waals surface area contributed by atoms with Crippen molar-refractivity contribution in [3.8, 4) is 5.75 Å². The molecule has 0 spiro atoms. The van der Waals surface area contributed by atoms with Crippen LogP contribution in [0.1, 0.15) is 13.8 Å². The zero-order chi connectivity index (χ0) is 12.0. The Morgan fingerprint density at radius 1 is 1.44 bits per heavy atom. The van der Waals surface area contributed by atoms with Crippen LogP contribution in [0.15, 0.2) is 18.2 Å². The van der Waals surface area contributed by atoms with E-state index in [9.17, 15) is 4.39 Å². The molecule has 1 unspecified atom stereocenters. The Morgan fingerprint density at radius 3 is 2.81 bits per heavy atom. The molecule has 1 rings (SSSR count). The first-order chi connectivity index (χ1) is 7.67. The summed E-state index contributed by atoms with van der Waals surface area (Å²) in [4.78, 5) is 0. The number of hydrogen-bond acceptors (Lipinski definition) is 3. The number of hydrogen-bond donors (Lipinski definition) is 1. The molecule has 0 bridgehead atoms. The zero-order valence-electron chi connectivity index (χ0n) is 9.92. The lowest BCUT2D eigenvalue weighted by Gasteiger charge is -2.17. The van der Waals surface area contributed by atoms with Gasteiger partial charge < -0.3 is 14.8 Å². The average molecular weight is 227 g/mol. The van der Waals surface area contributed by atoms with Gasteiger partial charge in [0.05, 0.1) is 18.9 Å². The quantitative estimate of drug-likeness (QED) is 0.810. The number of rotatable bonds is 6. The maximum atomic E-state index is 13.0. The first-order valence-corrected chi connectivity index (χ1v) is 5.35. The van der Waals surface area contributed by atoms with Crippen molar-refractivity contribution in [2.24, 2.45) is 0 Å². The predicted molar refractivity (Wildman–Crippen MR) is 62.5 cm³/mol. The first kappa shape index (κ1) is 12.8. The Bertz CT molecular complexity index is 331. The van der Waals surface area contributed by atoms with Crippen molar-refractivity contribution in [2.75, 3.05) is 25.6 Å². The summed E-state index contributed by atoms with van der Waals surface area (Å²) in [6, 6.07) is 4.61. The molecule has 0 saturated carbocycles. The van der Waals surface area contributed by atoms with Gasteiger partial charge in [-0.2, -0.15) is 0 Å². The third kappa shape index (κ3) is 3.70. The van der Waals surface area contributed by atoms with Gasteiger partial charge in [0.2, 0.25) is 0 Å². The summed E-state index contributed by atoms with van der Waals surface area (Å²) in [5.41, 5.74) is 0.785. The van der Waals surface area contributed by atoms with Crippen molar-refractivity contribution in [3.63, 3.8) is 0 Å². The largest absolute Gasteiger partial charge is 0.492 e. The summed E-state index contributed by atoms with van der Waals surface area (Å²) >= 11 is 0. The molecule has 3 nitrogen and oxygen atoms in total. The van der Waals surface area contributed by atoms with E-state index in [0.717, 1.165) is 5.69 Å². The fourth-order valence-corrected chi connectivity index (χ4v) is 1.45. The van der Waals surface area contributed by atoms with Crippen LogP contribution in [0.5, 0.6) is 5.75 Å². The molecule has 1 aromatic rings. The highest BCUT2D eigenvalue weighted by Gasteiger charge is 2.08. The van der Waals surface area contributed by atoms with Crippen LogP contribution in [-0.2, 0) is 4.74 Å². The van der Waals surface area contributed by atoms with Gasteiger partial charge in [0, 0.05) is 19.2 Å². The number of benzene rings is 1. The Kier molecular flexibility index (Phi) is 5.05. The number of halogens is 1. The Labute approximate surface area is 95.6 Å². The number of nitrogens with one attached hydrogen (secondary N) is 1. The molecule has 0 radical (unpaired) electrons. The molecule has 0 aliphatic heterocycles. The number of ether oxygens (including phenoxy) is 2. The van der Waals surface area contributed by atoms with E-state index in [2.05, 4.69) is 5.32 Å². The van der Waals surface area contributed by atoms with E-state index in [-0.39, 0.29) is 11.9 Å². The van der Waals surface area contributed by atoms with Gasteiger partial charge in [-0.1, -0.05) is 0 Å². The average Bonchev–Trinajstić information content (AvgIpc) is 2.23. The summed E-state index contributed by atoms with van der Waals surface area (Å²) in [7, 11) is 1.65. The Morgan fingerprint density at radius 2 is 2.19 bits per heavy atom. The van der Waals surface area contributed by atoms with E-state index < -0.39 is 0 Å². The molecule has 0 aliphatic rings. The molecule has 0 amide bonds. The van der Waals surface area contributed by atoms with Gasteiger partial charge in [0.1, 0.15) is 11.6 Å². The molecule has 1 atom stereocenters. The smallest absolute Gasteiger partial charge is 0.145 e. The molecule has 0 heterocycles. The van der Waals surface area contributed by atoms with Crippen molar-refractivity contribution in [1.29, 1.82) is 0 Å². The number of methoxy groups -OCH3 is 1. The normalized spacial score (nSPS) is 12.2. The van der Waals surface area contributed by atoms with Gasteiger partial charge >= 0.3 is 0 Å². The van der Waals surface area contributed by atoms with Crippen LogP contribution in [0.3, 0.4) is 0 Å². The molecule has 1 aromatic carbocycles.